The summed E-state index contributed by atoms with van der Waals surface area (Å²) in [6.07, 6.45) is 4.79. The molecule has 2 aliphatic carbocycles. The number of benzene rings is 1. The number of hydrogen-bond acceptors (Lipinski definition) is 4. The Balaban J connectivity index is 1.33. The number of nitrogens with one attached hydrogen (secondary N) is 1. The van der Waals surface area contributed by atoms with Crippen molar-refractivity contribution >= 4 is 23.2 Å². The van der Waals surface area contributed by atoms with Crippen molar-refractivity contribution in [2.24, 2.45) is 25.9 Å². The Bertz CT molecular complexity index is 1220. The SMILES string of the molecule is Cc1cc(C2(O)CC3CC(c4ncn(C)c4C(=O)Nc4ccc(F)c(Cl)c4)CC3C2)n(C)n1. The number of amides is 1. The fourth-order valence-corrected chi connectivity index (χ4v) is 6.11. The van der Waals surface area contributed by atoms with Crippen LogP contribution in [0.5, 0.6) is 0 Å². The summed E-state index contributed by atoms with van der Waals surface area (Å²) in [5, 5.41) is 18.6. The zero-order chi connectivity index (χ0) is 23.5. The van der Waals surface area contributed by atoms with Gasteiger partial charge in [0.25, 0.3) is 5.91 Å². The Morgan fingerprint density at radius 2 is 1.94 bits per heavy atom. The number of rotatable bonds is 4. The third-order valence-electron chi connectivity index (χ3n) is 7.26. The molecule has 0 aliphatic heterocycles. The number of aryl methyl sites for hydroxylation is 3. The molecular formula is C24H27ClFN5O2. The molecule has 3 aromatic rings. The van der Waals surface area contributed by atoms with E-state index in [1.165, 1.54) is 18.2 Å². The minimum Gasteiger partial charge on any atom is -0.384 e. The first kappa shape index (κ1) is 22.1. The van der Waals surface area contributed by atoms with E-state index in [0.29, 0.717) is 36.1 Å². The van der Waals surface area contributed by atoms with E-state index in [1.54, 1.807) is 22.6 Å². The number of hydrogen-bond donors (Lipinski definition) is 2. The van der Waals surface area contributed by atoms with Gasteiger partial charge in [-0.15, -0.1) is 0 Å². The summed E-state index contributed by atoms with van der Waals surface area (Å²) >= 11 is 5.85. The molecule has 0 bridgehead atoms. The molecule has 33 heavy (non-hydrogen) atoms. The van der Waals surface area contributed by atoms with Crippen LogP contribution in [0.15, 0.2) is 30.6 Å². The van der Waals surface area contributed by atoms with Gasteiger partial charge in [0.05, 0.1) is 28.4 Å². The average Bonchev–Trinajstić information content (AvgIpc) is 3.46. The minimum atomic E-state index is -0.859. The van der Waals surface area contributed by atoms with Gasteiger partial charge in [-0.25, -0.2) is 9.37 Å². The largest absolute Gasteiger partial charge is 0.384 e. The standard InChI is InChI=1S/C24H27ClFN5O2/c1-13-6-20(31(3)29-13)24(33)10-15-7-14(8-16(15)11-24)21-22(30(2)12-27-21)23(32)28-17-4-5-19(26)18(25)9-17/h4-6,9,12,14-16,33H,7-8,10-11H2,1-3H3,(H,28,32). The number of carbonyl (C=O) groups is 1. The molecule has 0 saturated heterocycles. The molecule has 2 saturated carbocycles. The van der Waals surface area contributed by atoms with Crippen LogP contribution >= 0.6 is 11.6 Å². The highest BCUT2D eigenvalue weighted by Crippen LogP contribution is 2.56. The minimum absolute atomic E-state index is 0.0437. The second-order valence-corrected chi connectivity index (χ2v) is 10.0. The van der Waals surface area contributed by atoms with Gasteiger partial charge in [-0.05, 0) is 68.7 Å². The first-order chi connectivity index (χ1) is 15.6. The lowest BCUT2D eigenvalue weighted by atomic mass is 9.90. The highest BCUT2D eigenvalue weighted by Gasteiger charge is 2.51. The van der Waals surface area contributed by atoms with Gasteiger partial charge in [-0.3, -0.25) is 9.48 Å². The zero-order valence-electron chi connectivity index (χ0n) is 18.8. The molecule has 5 rings (SSSR count). The normalized spacial score (nSPS) is 26.5. The summed E-state index contributed by atoms with van der Waals surface area (Å²) in [4.78, 5) is 17.7. The van der Waals surface area contributed by atoms with Crippen LogP contribution in [-0.2, 0) is 19.7 Å². The van der Waals surface area contributed by atoms with Crippen LogP contribution in [0.1, 0.15) is 59.2 Å². The molecule has 2 aromatic heterocycles. The summed E-state index contributed by atoms with van der Waals surface area (Å²) in [5.41, 5.74) is 2.63. The maximum Gasteiger partial charge on any atom is 0.274 e. The number of imidazole rings is 1. The fourth-order valence-electron chi connectivity index (χ4n) is 5.93. The van der Waals surface area contributed by atoms with E-state index in [1.807, 2.05) is 20.0 Å². The molecular weight excluding hydrogens is 445 g/mol. The molecule has 7 nitrogen and oxygen atoms in total. The van der Waals surface area contributed by atoms with Crippen LogP contribution in [0.3, 0.4) is 0 Å². The van der Waals surface area contributed by atoms with Gasteiger partial charge < -0.3 is 15.0 Å². The van der Waals surface area contributed by atoms with Gasteiger partial charge in [0.15, 0.2) is 0 Å². The molecule has 2 atom stereocenters. The Morgan fingerprint density at radius 3 is 2.55 bits per heavy atom. The van der Waals surface area contributed by atoms with Crippen LogP contribution < -0.4 is 5.32 Å². The third-order valence-corrected chi connectivity index (χ3v) is 7.55. The van der Waals surface area contributed by atoms with E-state index in [-0.39, 0.29) is 16.8 Å². The second-order valence-electron chi connectivity index (χ2n) is 9.60. The van der Waals surface area contributed by atoms with Gasteiger partial charge in [-0.2, -0.15) is 5.10 Å². The number of halogens is 2. The Hall–Kier alpha value is -2.71. The van der Waals surface area contributed by atoms with E-state index < -0.39 is 11.4 Å². The van der Waals surface area contributed by atoms with E-state index in [0.717, 1.165) is 29.9 Å². The molecule has 1 amide bonds. The fraction of sp³-hybridized carbons (Fsp3) is 0.458. The van der Waals surface area contributed by atoms with Crippen LogP contribution in [-0.4, -0.2) is 30.3 Å². The number of anilines is 1. The predicted octanol–water partition coefficient (Wildman–Crippen LogP) is 4.30. The topological polar surface area (TPSA) is 85.0 Å². The average molecular weight is 472 g/mol. The molecule has 9 heteroatoms. The van der Waals surface area contributed by atoms with Crippen molar-refractivity contribution in [2.75, 3.05) is 5.32 Å². The van der Waals surface area contributed by atoms with Gasteiger partial charge in [0.1, 0.15) is 17.1 Å². The van der Waals surface area contributed by atoms with Crippen molar-refractivity contribution < 1.29 is 14.3 Å². The van der Waals surface area contributed by atoms with Crippen molar-refractivity contribution in [1.82, 2.24) is 19.3 Å². The van der Waals surface area contributed by atoms with Gasteiger partial charge in [-0.1, -0.05) is 11.6 Å². The Morgan fingerprint density at radius 1 is 1.24 bits per heavy atom. The molecule has 2 unspecified atom stereocenters. The van der Waals surface area contributed by atoms with Gasteiger partial charge in [0, 0.05) is 25.7 Å². The first-order valence-corrected chi connectivity index (χ1v) is 11.5. The first-order valence-electron chi connectivity index (χ1n) is 11.2. The van der Waals surface area contributed by atoms with Crippen molar-refractivity contribution in [3.63, 3.8) is 0 Å². The van der Waals surface area contributed by atoms with Gasteiger partial charge >= 0.3 is 0 Å². The van der Waals surface area contributed by atoms with Crippen molar-refractivity contribution in [2.45, 2.75) is 44.1 Å². The number of nitrogens with zero attached hydrogens (tertiary/aromatic N) is 4. The van der Waals surface area contributed by atoms with Crippen molar-refractivity contribution in [3.05, 3.63) is 64.2 Å². The zero-order valence-corrected chi connectivity index (χ0v) is 19.6. The second kappa shape index (κ2) is 7.95. The molecule has 2 heterocycles. The van der Waals surface area contributed by atoms with E-state index >= 15 is 0 Å². The predicted molar refractivity (Wildman–Crippen MR) is 123 cm³/mol. The highest BCUT2D eigenvalue weighted by atomic mass is 35.5. The van der Waals surface area contributed by atoms with Crippen molar-refractivity contribution in [1.29, 1.82) is 0 Å². The van der Waals surface area contributed by atoms with Crippen LogP contribution in [0.25, 0.3) is 0 Å². The number of carbonyl (C=O) groups excluding carboxylic acids is 1. The number of fused-ring (bicyclic) bond motifs is 1. The van der Waals surface area contributed by atoms with E-state index in [4.69, 9.17) is 11.6 Å². The quantitative estimate of drug-likeness (QED) is 0.594. The monoisotopic (exact) mass is 471 g/mol. The number of aromatic nitrogens is 4. The lowest BCUT2D eigenvalue weighted by molar-refractivity contribution is 0.0263. The third kappa shape index (κ3) is 3.85. The van der Waals surface area contributed by atoms with Crippen molar-refractivity contribution in [3.8, 4) is 0 Å². The highest BCUT2D eigenvalue weighted by molar-refractivity contribution is 6.31. The van der Waals surface area contributed by atoms with Crippen LogP contribution in [0.4, 0.5) is 10.1 Å². The molecule has 2 N–H and O–H groups in total. The molecule has 2 fully saturated rings. The maximum absolute atomic E-state index is 13.5. The summed E-state index contributed by atoms with van der Waals surface area (Å²) in [7, 11) is 3.67. The maximum atomic E-state index is 13.5. The summed E-state index contributed by atoms with van der Waals surface area (Å²) in [5.74, 6) is 0.0471. The molecule has 1 aromatic carbocycles. The smallest absolute Gasteiger partial charge is 0.274 e. The molecule has 2 aliphatic rings. The molecule has 0 spiro atoms. The van der Waals surface area contributed by atoms with E-state index in [9.17, 15) is 14.3 Å². The Kier molecular flexibility index (Phi) is 5.33. The Labute approximate surface area is 196 Å². The van der Waals surface area contributed by atoms with Crippen LogP contribution in [0, 0.1) is 24.6 Å². The number of aliphatic hydroxyl groups is 1. The molecule has 0 radical (unpaired) electrons. The van der Waals surface area contributed by atoms with Crippen LogP contribution in [0.2, 0.25) is 5.02 Å². The summed E-state index contributed by atoms with van der Waals surface area (Å²) in [6, 6.07) is 6.08. The lowest BCUT2D eigenvalue weighted by Gasteiger charge is -2.25. The summed E-state index contributed by atoms with van der Waals surface area (Å²) in [6.45, 7) is 1.94. The van der Waals surface area contributed by atoms with E-state index in [2.05, 4.69) is 15.4 Å². The molecule has 174 valence electrons. The lowest BCUT2D eigenvalue weighted by Crippen LogP contribution is -2.26. The summed E-state index contributed by atoms with van der Waals surface area (Å²) < 4.78 is 17.0. The van der Waals surface area contributed by atoms with Gasteiger partial charge in [0.2, 0.25) is 0 Å².